The summed E-state index contributed by atoms with van der Waals surface area (Å²) in [5, 5.41) is 2.70. The Labute approximate surface area is 146 Å². The monoisotopic (exact) mass is 349 g/mol. The zero-order chi connectivity index (χ0) is 18.4. The third-order valence-electron chi connectivity index (χ3n) is 4.20. The highest BCUT2D eigenvalue weighted by Gasteiger charge is 2.26. The first-order valence-electron chi connectivity index (χ1n) is 8.01. The van der Waals surface area contributed by atoms with Gasteiger partial charge in [0.25, 0.3) is 0 Å². The summed E-state index contributed by atoms with van der Waals surface area (Å²) in [6.45, 7) is 3.38. The lowest BCUT2D eigenvalue weighted by Gasteiger charge is -2.32. The van der Waals surface area contributed by atoms with Crippen molar-refractivity contribution in [2.24, 2.45) is 0 Å². The average Bonchev–Trinajstić information content (AvgIpc) is 2.66. The minimum absolute atomic E-state index is 0.357. The van der Waals surface area contributed by atoms with Crippen LogP contribution in [0.1, 0.15) is 18.5 Å². The molecule has 0 saturated carbocycles. The maximum Gasteiger partial charge on any atom is 0.312 e. The quantitative estimate of drug-likeness (QED) is 0.605. The number of carbonyl (C=O) groups is 3. The first-order valence-corrected chi connectivity index (χ1v) is 8.01. The van der Waals surface area contributed by atoms with E-state index in [1.807, 2.05) is 0 Å². The Bertz CT molecular complexity index is 641. The van der Waals surface area contributed by atoms with E-state index in [0.717, 1.165) is 12.0 Å². The predicted octanol–water partition coefficient (Wildman–Crippen LogP) is 0.182. The molecule has 8 nitrogen and oxygen atoms in total. The molecular formula is C17H23N3O5. The van der Waals surface area contributed by atoms with Crippen molar-refractivity contribution in [2.75, 3.05) is 40.4 Å². The first-order chi connectivity index (χ1) is 12.0. The van der Waals surface area contributed by atoms with Crippen LogP contribution >= 0.6 is 0 Å². The number of amides is 3. The standard InChI is InChI=1S/C17H23N3O5/c1-12(13-4-5-14(24-2)15(10-13)25-3)18-16(22)17(23)20-8-6-19(11-21)7-9-20/h4-5,10-12H,6-9H2,1-3H3,(H,18,22). The van der Waals surface area contributed by atoms with Gasteiger partial charge in [0.15, 0.2) is 11.5 Å². The molecule has 2 rings (SSSR count). The molecule has 1 fully saturated rings. The molecule has 8 heteroatoms. The third-order valence-corrected chi connectivity index (χ3v) is 4.20. The van der Waals surface area contributed by atoms with Gasteiger partial charge in [0, 0.05) is 26.2 Å². The van der Waals surface area contributed by atoms with E-state index in [1.54, 1.807) is 37.1 Å². The van der Waals surface area contributed by atoms with Crippen LogP contribution in [0, 0.1) is 0 Å². The van der Waals surface area contributed by atoms with Crippen molar-refractivity contribution in [3.8, 4) is 11.5 Å². The van der Waals surface area contributed by atoms with Gasteiger partial charge in [0.2, 0.25) is 6.41 Å². The van der Waals surface area contributed by atoms with Gasteiger partial charge < -0.3 is 24.6 Å². The number of methoxy groups -OCH3 is 2. The molecule has 3 amide bonds. The fraction of sp³-hybridized carbons (Fsp3) is 0.471. The minimum Gasteiger partial charge on any atom is -0.493 e. The summed E-state index contributed by atoms with van der Waals surface area (Å²) in [5.74, 6) is -0.106. The van der Waals surface area contributed by atoms with E-state index in [4.69, 9.17) is 9.47 Å². The molecule has 0 aliphatic carbocycles. The van der Waals surface area contributed by atoms with E-state index < -0.39 is 11.8 Å². The van der Waals surface area contributed by atoms with Crippen LogP contribution in [0.15, 0.2) is 18.2 Å². The highest BCUT2D eigenvalue weighted by Crippen LogP contribution is 2.29. The van der Waals surface area contributed by atoms with E-state index in [9.17, 15) is 14.4 Å². The predicted molar refractivity (Wildman–Crippen MR) is 90.3 cm³/mol. The number of rotatable bonds is 5. The zero-order valence-corrected chi connectivity index (χ0v) is 14.7. The average molecular weight is 349 g/mol. The van der Waals surface area contributed by atoms with Crippen molar-refractivity contribution in [3.63, 3.8) is 0 Å². The lowest BCUT2D eigenvalue weighted by molar-refractivity contribution is -0.147. The Hall–Kier alpha value is -2.77. The van der Waals surface area contributed by atoms with E-state index in [-0.39, 0.29) is 6.04 Å². The van der Waals surface area contributed by atoms with Gasteiger partial charge in [-0.25, -0.2) is 0 Å². The third kappa shape index (κ3) is 4.40. The van der Waals surface area contributed by atoms with Crippen LogP contribution in [0.5, 0.6) is 11.5 Å². The molecule has 1 unspecified atom stereocenters. The highest BCUT2D eigenvalue weighted by molar-refractivity contribution is 6.35. The normalized spacial score (nSPS) is 15.3. The Morgan fingerprint density at radius 3 is 2.32 bits per heavy atom. The molecule has 1 aliphatic rings. The summed E-state index contributed by atoms with van der Waals surface area (Å²) >= 11 is 0. The first kappa shape index (κ1) is 18.6. The number of benzene rings is 1. The SMILES string of the molecule is COc1ccc(C(C)NC(=O)C(=O)N2CCN(C=O)CC2)cc1OC. The Morgan fingerprint density at radius 1 is 1.12 bits per heavy atom. The topological polar surface area (TPSA) is 88.2 Å². The van der Waals surface area contributed by atoms with Gasteiger partial charge in [-0.2, -0.15) is 0 Å². The molecule has 25 heavy (non-hydrogen) atoms. The molecule has 136 valence electrons. The fourth-order valence-electron chi connectivity index (χ4n) is 2.64. The van der Waals surface area contributed by atoms with Crippen LogP contribution in [0.25, 0.3) is 0 Å². The second-order valence-corrected chi connectivity index (χ2v) is 5.74. The van der Waals surface area contributed by atoms with Gasteiger partial charge in [0.1, 0.15) is 0 Å². The molecular weight excluding hydrogens is 326 g/mol. The maximum absolute atomic E-state index is 12.2. The molecule has 0 radical (unpaired) electrons. The van der Waals surface area contributed by atoms with Crippen LogP contribution in [-0.4, -0.2) is 68.4 Å². The summed E-state index contributed by atoms with van der Waals surface area (Å²) in [7, 11) is 3.08. The van der Waals surface area contributed by atoms with Crippen molar-refractivity contribution in [1.29, 1.82) is 0 Å². The summed E-state index contributed by atoms with van der Waals surface area (Å²) in [5.41, 5.74) is 0.796. The van der Waals surface area contributed by atoms with Crippen molar-refractivity contribution in [2.45, 2.75) is 13.0 Å². The van der Waals surface area contributed by atoms with Gasteiger partial charge in [-0.05, 0) is 24.6 Å². The zero-order valence-electron chi connectivity index (χ0n) is 14.7. The van der Waals surface area contributed by atoms with Crippen LogP contribution in [0.4, 0.5) is 0 Å². The van der Waals surface area contributed by atoms with Crippen molar-refractivity contribution in [3.05, 3.63) is 23.8 Å². The number of hydrogen-bond donors (Lipinski definition) is 1. The molecule has 1 N–H and O–H groups in total. The van der Waals surface area contributed by atoms with Crippen LogP contribution in [0.2, 0.25) is 0 Å². The molecule has 0 bridgehead atoms. The molecule has 1 heterocycles. The minimum atomic E-state index is -0.665. The number of hydrogen-bond acceptors (Lipinski definition) is 5. The fourth-order valence-corrected chi connectivity index (χ4v) is 2.64. The van der Waals surface area contributed by atoms with Crippen LogP contribution in [-0.2, 0) is 14.4 Å². The summed E-state index contributed by atoms with van der Waals surface area (Å²) in [4.78, 5) is 38.2. The van der Waals surface area contributed by atoms with E-state index >= 15 is 0 Å². The molecule has 1 aromatic rings. The Kier molecular flexibility index (Phi) is 6.21. The van der Waals surface area contributed by atoms with Crippen molar-refractivity contribution in [1.82, 2.24) is 15.1 Å². The molecule has 1 saturated heterocycles. The molecule has 0 spiro atoms. The second kappa shape index (κ2) is 8.36. The van der Waals surface area contributed by atoms with E-state index in [0.29, 0.717) is 37.7 Å². The van der Waals surface area contributed by atoms with Crippen molar-refractivity contribution < 1.29 is 23.9 Å². The highest BCUT2D eigenvalue weighted by atomic mass is 16.5. The van der Waals surface area contributed by atoms with Gasteiger partial charge in [-0.1, -0.05) is 6.07 Å². The summed E-state index contributed by atoms with van der Waals surface area (Å²) in [6.07, 6.45) is 0.751. The summed E-state index contributed by atoms with van der Waals surface area (Å²) < 4.78 is 10.4. The number of piperazine rings is 1. The molecule has 0 aromatic heterocycles. The second-order valence-electron chi connectivity index (χ2n) is 5.74. The number of nitrogens with one attached hydrogen (secondary N) is 1. The van der Waals surface area contributed by atoms with Gasteiger partial charge in [0.05, 0.1) is 20.3 Å². The van der Waals surface area contributed by atoms with Gasteiger partial charge in [-0.3, -0.25) is 14.4 Å². The van der Waals surface area contributed by atoms with Crippen LogP contribution in [0.3, 0.4) is 0 Å². The smallest absolute Gasteiger partial charge is 0.312 e. The van der Waals surface area contributed by atoms with Gasteiger partial charge >= 0.3 is 11.8 Å². The Balaban J connectivity index is 1.97. The maximum atomic E-state index is 12.2. The molecule has 1 aliphatic heterocycles. The molecule has 1 aromatic carbocycles. The van der Waals surface area contributed by atoms with E-state index in [2.05, 4.69) is 5.32 Å². The largest absolute Gasteiger partial charge is 0.493 e. The van der Waals surface area contributed by atoms with E-state index in [1.165, 1.54) is 12.0 Å². The van der Waals surface area contributed by atoms with Gasteiger partial charge in [-0.15, -0.1) is 0 Å². The van der Waals surface area contributed by atoms with Crippen LogP contribution < -0.4 is 14.8 Å². The summed E-state index contributed by atoms with van der Waals surface area (Å²) in [6, 6.07) is 4.95. The number of carbonyl (C=O) groups excluding carboxylic acids is 3. The lowest BCUT2D eigenvalue weighted by atomic mass is 10.1. The Morgan fingerprint density at radius 2 is 1.76 bits per heavy atom. The number of nitrogens with zero attached hydrogens (tertiary/aromatic N) is 2. The number of ether oxygens (including phenoxy) is 2. The lowest BCUT2D eigenvalue weighted by Crippen LogP contribution is -2.52. The van der Waals surface area contributed by atoms with Crippen molar-refractivity contribution >= 4 is 18.2 Å². The molecule has 1 atom stereocenters.